The number of ether oxygens (including phenoxy) is 1. The molecule has 0 aromatic heterocycles. The Bertz CT molecular complexity index is 243. The van der Waals surface area contributed by atoms with Gasteiger partial charge in [-0.25, -0.2) is 0 Å². The smallest absolute Gasteiger partial charge is 0.225 e. The molecule has 1 aliphatic carbocycles. The average molecular weight is 276 g/mol. The van der Waals surface area contributed by atoms with Crippen molar-refractivity contribution in [1.29, 1.82) is 0 Å². The molecular formula is C11H18BrNO2. The first kappa shape index (κ1) is 11.4. The fourth-order valence-electron chi connectivity index (χ4n) is 2.10. The number of hydrogen-bond donors (Lipinski definition) is 0. The lowest BCUT2D eigenvalue weighted by molar-refractivity contribution is -0.142. The van der Waals surface area contributed by atoms with Crippen LogP contribution < -0.4 is 0 Å². The number of halogens is 1. The number of rotatable bonds is 3. The van der Waals surface area contributed by atoms with E-state index in [1.165, 1.54) is 12.8 Å². The van der Waals surface area contributed by atoms with Gasteiger partial charge in [-0.2, -0.15) is 0 Å². The van der Waals surface area contributed by atoms with Crippen molar-refractivity contribution in [3.8, 4) is 0 Å². The number of carbonyl (C=O) groups is 1. The number of amides is 1. The largest absolute Gasteiger partial charge is 0.374 e. The predicted molar refractivity (Wildman–Crippen MR) is 62.0 cm³/mol. The van der Waals surface area contributed by atoms with E-state index in [0.717, 1.165) is 18.4 Å². The van der Waals surface area contributed by atoms with Crippen LogP contribution in [0.25, 0.3) is 0 Å². The third-order valence-electron chi connectivity index (χ3n) is 3.34. The van der Waals surface area contributed by atoms with Gasteiger partial charge in [0, 0.05) is 24.3 Å². The Balaban J connectivity index is 1.88. The maximum atomic E-state index is 12.1. The van der Waals surface area contributed by atoms with Gasteiger partial charge in [0.1, 0.15) is 0 Å². The Morgan fingerprint density at radius 3 is 2.93 bits per heavy atom. The highest BCUT2D eigenvalue weighted by Gasteiger charge is 2.36. The summed E-state index contributed by atoms with van der Waals surface area (Å²) in [4.78, 5) is 14.1. The summed E-state index contributed by atoms with van der Waals surface area (Å²) >= 11 is 3.40. The van der Waals surface area contributed by atoms with E-state index in [1.807, 2.05) is 4.90 Å². The minimum Gasteiger partial charge on any atom is -0.374 e. The molecule has 2 rings (SSSR count). The van der Waals surface area contributed by atoms with E-state index in [9.17, 15) is 4.79 Å². The monoisotopic (exact) mass is 275 g/mol. The summed E-state index contributed by atoms with van der Waals surface area (Å²) in [7, 11) is 0. The lowest BCUT2D eigenvalue weighted by Crippen LogP contribution is -2.48. The zero-order valence-corrected chi connectivity index (χ0v) is 10.7. The summed E-state index contributed by atoms with van der Waals surface area (Å²) in [6.45, 7) is 4.26. The lowest BCUT2D eigenvalue weighted by Gasteiger charge is -2.33. The zero-order valence-electron chi connectivity index (χ0n) is 9.12. The summed E-state index contributed by atoms with van der Waals surface area (Å²) in [5, 5.41) is 0.814. The quantitative estimate of drug-likeness (QED) is 0.734. The third kappa shape index (κ3) is 2.72. The Hall–Kier alpha value is -0.0900. The van der Waals surface area contributed by atoms with Gasteiger partial charge >= 0.3 is 0 Å². The van der Waals surface area contributed by atoms with Crippen LogP contribution in [0, 0.1) is 11.8 Å². The van der Waals surface area contributed by atoms with Crippen LogP contribution in [0.15, 0.2) is 0 Å². The highest BCUT2D eigenvalue weighted by atomic mass is 79.9. The molecule has 1 saturated carbocycles. The molecule has 0 aromatic carbocycles. The van der Waals surface area contributed by atoms with Gasteiger partial charge in [0.15, 0.2) is 0 Å². The Kier molecular flexibility index (Phi) is 3.67. The zero-order chi connectivity index (χ0) is 10.8. The molecule has 3 nitrogen and oxygen atoms in total. The van der Waals surface area contributed by atoms with Gasteiger partial charge < -0.3 is 9.64 Å². The molecule has 1 saturated heterocycles. The summed E-state index contributed by atoms with van der Waals surface area (Å²) in [6.07, 6.45) is 2.65. The summed E-state index contributed by atoms with van der Waals surface area (Å²) < 4.78 is 5.52. The molecule has 1 amide bonds. The second-order valence-corrected chi connectivity index (χ2v) is 5.20. The maximum Gasteiger partial charge on any atom is 0.225 e. The van der Waals surface area contributed by atoms with Crippen LogP contribution in [0.5, 0.6) is 0 Å². The highest BCUT2D eigenvalue weighted by Crippen LogP contribution is 2.37. The summed E-state index contributed by atoms with van der Waals surface area (Å²) in [6, 6.07) is 0. The average Bonchev–Trinajstić information content (AvgIpc) is 3.11. The number of alkyl halides is 1. The van der Waals surface area contributed by atoms with Crippen molar-refractivity contribution < 1.29 is 9.53 Å². The van der Waals surface area contributed by atoms with E-state index in [2.05, 4.69) is 22.9 Å². The van der Waals surface area contributed by atoms with Gasteiger partial charge in [0.05, 0.1) is 12.7 Å². The number of nitrogens with zero attached hydrogens (tertiary/aromatic N) is 1. The predicted octanol–water partition coefficient (Wildman–Crippen LogP) is 1.65. The highest BCUT2D eigenvalue weighted by molar-refractivity contribution is 9.09. The number of carbonyl (C=O) groups excluding carboxylic acids is 1. The van der Waals surface area contributed by atoms with E-state index >= 15 is 0 Å². The molecule has 4 heteroatoms. The first-order valence-electron chi connectivity index (χ1n) is 5.68. The van der Waals surface area contributed by atoms with Crippen LogP contribution in [0.3, 0.4) is 0 Å². The third-order valence-corrected chi connectivity index (χ3v) is 4.06. The molecule has 2 aliphatic rings. The molecule has 0 spiro atoms. The molecule has 15 heavy (non-hydrogen) atoms. The van der Waals surface area contributed by atoms with Crippen molar-refractivity contribution in [2.24, 2.45) is 11.8 Å². The molecule has 2 fully saturated rings. The normalized spacial score (nSPS) is 28.9. The minimum absolute atomic E-state index is 0.175. The first-order chi connectivity index (χ1) is 7.22. The molecule has 0 aromatic rings. The van der Waals surface area contributed by atoms with Gasteiger partial charge in [-0.3, -0.25) is 4.79 Å². The van der Waals surface area contributed by atoms with Crippen molar-refractivity contribution in [3.63, 3.8) is 0 Å². The molecule has 0 N–H and O–H groups in total. The van der Waals surface area contributed by atoms with E-state index in [-0.39, 0.29) is 12.0 Å². The van der Waals surface area contributed by atoms with E-state index in [1.54, 1.807) is 0 Å². The molecule has 2 unspecified atom stereocenters. The van der Waals surface area contributed by atoms with E-state index in [4.69, 9.17) is 4.74 Å². The van der Waals surface area contributed by atoms with Crippen molar-refractivity contribution in [1.82, 2.24) is 4.90 Å². The second-order valence-electron chi connectivity index (χ2n) is 4.56. The SMILES string of the molecule is CC(C(=O)N1CCOC(CBr)C1)C1CC1. The van der Waals surface area contributed by atoms with Gasteiger partial charge in [0.2, 0.25) is 5.91 Å². The van der Waals surface area contributed by atoms with Crippen LogP contribution in [-0.2, 0) is 9.53 Å². The standard InChI is InChI=1S/C11H18BrNO2/c1-8(9-2-3-9)11(14)13-4-5-15-10(6-12)7-13/h8-10H,2-7H2,1H3. The van der Waals surface area contributed by atoms with Crippen molar-refractivity contribution in [3.05, 3.63) is 0 Å². The first-order valence-corrected chi connectivity index (χ1v) is 6.81. The Labute approximate surface area is 99.3 Å². The van der Waals surface area contributed by atoms with E-state index in [0.29, 0.717) is 18.4 Å². The van der Waals surface area contributed by atoms with Crippen LogP contribution in [0.4, 0.5) is 0 Å². The van der Waals surface area contributed by atoms with Gasteiger partial charge in [0.25, 0.3) is 0 Å². The van der Waals surface area contributed by atoms with Crippen LogP contribution in [-0.4, -0.2) is 41.9 Å². The second kappa shape index (κ2) is 4.83. The minimum atomic E-state index is 0.175. The van der Waals surface area contributed by atoms with Crippen molar-refractivity contribution >= 4 is 21.8 Å². The Morgan fingerprint density at radius 2 is 2.33 bits per heavy atom. The lowest BCUT2D eigenvalue weighted by atomic mass is 10.0. The topological polar surface area (TPSA) is 29.5 Å². The van der Waals surface area contributed by atoms with Crippen LogP contribution in [0.1, 0.15) is 19.8 Å². The van der Waals surface area contributed by atoms with Gasteiger partial charge in [-0.15, -0.1) is 0 Å². The fourth-order valence-corrected chi connectivity index (χ4v) is 2.49. The molecule has 0 bridgehead atoms. The van der Waals surface area contributed by atoms with Crippen molar-refractivity contribution in [2.75, 3.05) is 25.0 Å². The van der Waals surface area contributed by atoms with Gasteiger partial charge in [-0.05, 0) is 18.8 Å². The molecule has 86 valence electrons. The van der Waals surface area contributed by atoms with Gasteiger partial charge in [-0.1, -0.05) is 22.9 Å². The molecule has 1 heterocycles. The fraction of sp³-hybridized carbons (Fsp3) is 0.909. The summed E-state index contributed by atoms with van der Waals surface area (Å²) in [5.74, 6) is 1.20. The molecular weight excluding hydrogens is 258 g/mol. The maximum absolute atomic E-state index is 12.1. The van der Waals surface area contributed by atoms with Crippen LogP contribution >= 0.6 is 15.9 Å². The number of hydrogen-bond acceptors (Lipinski definition) is 2. The Morgan fingerprint density at radius 1 is 1.60 bits per heavy atom. The molecule has 0 radical (unpaired) electrons. The molecule has 1 aliphatic heterocycles. The van der Waals surface area contributed by atoms with E-state index < -0.39 is 0 Å². The van der Waals surface area contributed by atoms with Crippen molar-refractivity contribution in [2.45, 2.75) is 25.9 Å². The summed E-state index contributed by atoms with van der Waals surface area (Å²) in [5.41, 5.74) is 0. The van der Waals surface area contributed by atoms with Crippen LogP contribution in [0.2, 0.25) is 0 Å². The number of morpholine rings is 1. The molecule has 2 atom stereocenters.